The molecule has 1 N–H and O–H groups in total. The number of para-hydroxylation sites is 1. The lowest BCUT2D eigenvalue weighted by Gasteiger charge is -2.15. The predicted molar refractivity (Wildman–Crippen MR) is 71.8 cm³/mol. The molecule has 0 aliphatic heterocycles. The Morgan fingerprint density at radius 2 is 2.11 bits per heavy atom. The Bertz CT molecular complexity index is 578. The standard InChI is InChI=1S/C15H17NO2/c1-3-6-12(15(17)18)13-9-10(2)16-14-8-5-4-7-11(13)14/h4-5,7-9,12H,3,6H2,1-2H3,(H,17,18). The number of benzene rings is 1. The minimum atomic E-state index is -0.757. The van der Waals surface area contributed by atoms with Gasteiger partial charge >= 0.3 is 5.97 Å². The molecular weight excluding hydrogens is 226 g/mol. The number of carboxylic acids is 1. The molecule has 2 rings (SSSR count). The number of carbonyl (C=O) groups is 1. The lowest BCUT2D eigenvalue weighted by molar-refractivity contribution is -0.138. The number of pyridine rings is 1. The van der Waals surface area contributed by atoms with Crippen molar-refractivity contribution in [1.82, 2.24) is 4.98 Å². The molecule has 0 saturated carbocycles. The smallest absolute Gasteiger partial charge is 0.310 e. The molecule has 0 aliphatic rings. The number of aliphatic carboxylic acids is 1. The Morgan fingerprint density at radius 3 is 2.78 bits per heavy atom. The highest BCUT2D eigenvalue weighted by Crippen LogP contribution is 2.29. The summed E-state index contributed by atoms with van der Waals surface area (Å²) in [5.74, 6) is -1.20. The van der Waals surface area contributed by atoms with E-state index in [-0.39, 0.29) is 0 Å². The van der Waals surface area contributed by atoms with Gasteiger partial charge in [0.15, 0.2) is 0 Å². The fraction of sp³-hybridized carbons (Fsp3) is 0.333. The molecule has 0 bridgehead atoms. The summed E-state index contributed by atoms with van der Waals surface area (Å²) >= 11 is 0. The number of fused-ring (bicyclic) bond motifs is 1. The molecule has 1 heterocycles. The first kappa shape index (κ1) is 12.6. The van der Waals surface area contributed by atoms with Gasteiger partial charge in [0.05, 0.1) is 11.4 Å². The molecule has 18 heavy (non-hydrogen) atoms. The second-order valence-electron chi connectivity index (χ2n) is 4.55. The van der Waals surface area contributed by atoms with Crippen molar-refractivity contribution in [2.45, 2.75) is 32.6 Å². The molecule has 0 radical (unpaired) electrons. The van der Waals surface area contributed by atoms with Gasteiger partial charge in [-0.2, -0.15) is 0 Å². The highest BCUT2D eigenvalue weighted by Gasteiger charge is 2.21. The lowest BCUT2D eigenvalue weighted by Crippen LogP contribution is -2.12. The third-order valence-corrected chi connectivity index (χ3v) is 3.13. The van der Waals surface area contributed by atoms with Crippen molar-refractivity contribution in [2.75, 3.05) is 0 Å². The van der Waals surface area contributed by atoms with Crippen LogP contribution in [-0.4, -0.2) is 16.1 Å². The van der Waals surface area contributed by atoms with Gasteiger partial charge in [-0.05, 0) is 31.0 Å². The Kier molecular flexibility index (Phi) is 3.60. The van der Waals surface area contributed by atoms with Crippen LogP contribution in [-0.2, 0) is 4.79 Å². The molecule has 3 nitrogen and oxygen atoms in total. The van der Waals surface area contributed by atoms with E-state index in [0.29, 0.717) is 6.42 Å². The van der Waals surface area contributed by atoms with Crippen molar-refractivity contribution in [1.29, 1.82) is 0 Å². The fourth-order valence-corrected chi connectivity index (χ4v) is 2.33. The molecule has 0 saturated heterocycles. The summed E-state index contributed by atoms with van der Waals surface area (Å²) in [5.41, 5.74) is 2.62. The van der Waals surface area contributed by atoms with Gasteiger partial charge in [-0.3, -0.25) is 9.78 Å². The van der Waals surface area contributed by atoms with Crippen LogP contribution in [0.15, 0.2) is 30.3 Å². The maximum atomic E-state index is 11.4. The van der Waals surface area contributed by atoms with E-state index in [4.69, 9.17) is 0 Å². The number of hydrogen-bond donors (Lipinski definition) is 1. The average molecular weight is 243 g/mol. The molecule has 1 aromatic carbocycles. The first-order valence-electron chi connectivity index (χ1n) is 6.22. The number of aromatic nitrogens is 1. The normalized spacial score (nSPS) is 12.6. The number of hydrogen-bond acceptors (Lipinski definition) is 2. The van der Waals surface area contributed by atoms with Crippen LogP contribution < -0.4 is 0 Å². The number of carboxylic acid groups (broad SMARTS) is 1. The van der Waals surface area contributed by atoms with Gasteiger partial charge in [-0.25, -0.2) is 0 Å². The molecule has 0 amide bonds. The summed E-state index contributed by atoms with van der Waals surface area (Å²) in [7, 11) is 0. The van der Waals surface area contributed by atoms with Crippen molar-refractivity contribution >= 4 is 16.9 Å². The van der Waals surface area contributed by atoms with Crippen LogP contribution in [0.1, 0.15) is 36.9 Å². The van der Waals surface area contributed by atoms with Crippen LogP contribution in [0.4, 0.5) is 0 Å². The molecule has 1 aromatic heterocycles. The summed E-state index contributed by atoms with van der Waals surface area (Å²) < 4.78 is 0. The zero-order valence-corrected chi connectivity index (χ0v) is 10.7. The minimum Gasteiger partial charge on any atom is -0.481 e. The monoisotopic (exact) mass is 243 g/mol. The van der Waals surface area contributed by atoms with Crippen LogP contribution in [0.2, 0.25) is 0 Å². The molecule has 1 unspecified atom stereocenters. The molecular formula is C15H17NO2. The largest absolute Gasteiger partial charge is 0.481 e. The van der Waals surface area contributed by atoms with E-state index in [2.05, 4.69) is 4.98 Å². The maximum Gasteiger partial charge on any atom is 0.310 e. The van der Waals surface area contributed by atoms with Crippen LogP contribution in [0.3, 0.4) is 0 Å². The van der Waals surface area contributed by atoms with Crippen molar-refractivity contribution < 1.29 is 9.90 Å². The second-order valence-corrected chi connectivity index (χ2v) is 4.55. The molecule has 94 valence electrons. The first-order valence-corrected chi connectivity index (χ1v) is 6.22. The minimum absolute atomic E-state index is 0.443. The van der Waals surface area contributed by atoms with Gasteiger partial charge in [0.2, 0.25) is 0 Å². The van der Waals surface area contributed by atoms with Crippen molar-refractivity contribution in [3.63, 3.8) is 0 Å². The van der Waals surface area contributed by atoms with Gasteiger partial charge in [-0.15, -0.1) is 0 Å². The molecule has 0 fully saturated rings. The van der Waals surface area contributed by atoms with E-state index in [1.807, 2.05) is 44.2 Å². The Labute approximate surface area is 106 Å². The Morgan fingerprint density at radius 1 is 1.39 bits per heavy atom. The van der Waals surface area contributed by atoms with E-state index >= 15 is 0 Å². The van der Waals surface area contributed by atoms with Gasteiger partial charge in [-0.1, -0.05) is 31.5 Å². The average Bonchev–Trinajstić information content (AvgIpc) is 2.34. The maximum absolute atomic E-state index is 11.4. The number of nitrogens with zero attached hydrogens (tertiary/aromatic N) is 1. The summed E-state index contributed by atoms with van der Waals surface area (Å²) in [6.07, 6.45) is 1.51. The fourth-order valence-electron chi connectivity index (χ4n) is 2.33. The zero-order chi connectivity index (χ0) is 13.1. The number of rotatable bonds is 4. The third kappa shape index (κ3) is 2.35. The van der Waals surface area contributed by atoms with Crippen LogP contribution >= 0.6 is 0 Å². The van der Waals surface area contributed by atoms with Gasteiger partial charge < -0.3 is 5.11 Å². The Hall–Kier alpha value is -1.90. The molecule has 1 atom stereocenters. The molecule has 0 spiro atoms. The quantitative estimate of drug-likeness (QED) is 0.894. The highest BCUT2D eigenvalue weighted by molar-refractivity contribution is 5.88. The summed E-state index contributed by atoms with van der Waals surface area (Å²) in [6.45, 7) is 3.91. The predicted octanol–water partition coefficient (Wildman–Crippen LogP) is 3.51. The lowest BCUT2D eigenvalue weighted by atomic mass is 9.91. The zero-order valence-electron chi connectivity index (χ0n) is 10.7. The van der Waals surface area contributed by atoms with E-state index in [9.17, 15) is 9.90 Å². The third-order valence-electron chi connectivity index (χ3n) is 3.13. The van der Waals surface area contributed by atoms with E-state index in [1.165, 1.54) is 0 Å². The molecule has 3 heteroatoms. The first-order chi connectivity index (χ1) is 8.63. The van der Waals surface area contributed by atoms with Gasteiger partial charge in [0.25, 0.3) is 0 Å². The van der Waals surface area contributed by atoms with Gasteiger partial charge in [0.1, 0.15) is 0 Å². The van der Waals surface area contributed by atoms with E-state index in [0.717, 1.165) is 28.6 Å². The van der Waals surface area contributed by atoms with Crippen LogP contribution in [0, 0.1) is 6.92 Å². The van der Waals surface area contributed by atoms with E-state index in [1.54, 1.807) is 0 Å². The molecule has 0 aliphatic carbocycles. The summed E-state index contributed by atoms with van der Waals surface area (Å²) in [6, 6.07) is 9.62. The van der Waals surface area contributed by atoms with Crippen molar-refractivity contribution in [3.8, 4) is 0 Å². The molecule has 2 aromatic rings. The van der Waals surface area contributed by atoms with Crippen LogP contribution in [0.5, 0.6) is 0 Å². The summed E-state index contributed by atoms with van der Waals surface area (Å²) in [5, 5.41) is 10.3. The summed E-state index contributed by atoms with van der Waals surface area (Å²) in [4.78, 5) is 15.9. The van der Waals surface area contributed by atoms with Gasteiger partial charge in [0, 0.05) is 11.1 Å². The SMILES string of the molecule is CCCC(C(=O)O)c1cc(C)nc2ccccc12. The number of aryl methyl sites for hydroxylation is 1. The van der Waals surface area contributed by atoms with E-state index < -0.39 is 11.9 Å². The highest BCUT2D eigenvalue weighted by atomic mass is 16.4. The Balaban J connectivity index is 2.64. The second kappa shape index (κ2) is 5.17. The van der Waals surface area contributed by atoms with Crippen molar-refractivity contribution in [3.05, 3.63) is 41.6 Å². The topological polar surface area (TPSA) is 50.2 Å². The van der Waals surface area contributed by atoms with Crippen molar-refractivity contribution in [2.24, 2.45) is 0 Å². The van der Waals surface area contributed by atoms with Crippen LogP contribution in [0.25, 0.3) is 10.9 Å².